The van der Waals surface area contributed by atoms with Gasteiger partial charge in [-0.1, -0.05) is 11.6 Å². The highest BCUT2D eigenvalue weighted by atomic mass is 35.5. The lowest BCUT2D eigenvalue weighted by Gasteiger charge is -2.30. The fourth-order valence-corrected chi connectivity index (χ4v) is 3.88. The highest BCUT2D eigenvalue weighted by Gasteiger charge is 2.26. The minimum atomic E-state index is -3.18. The number of methoxy groups -OCH3 is 1. The molecule has 1 amide bonds. The van der Waals surface area contributed by atoms with Crippen molar-refractivity contribution in [3.8, 4) is 11.5 Å². The van der Waals surface area contributed by atoms with Gasteiger partial charge in [-0.3, -0.25) is 4.79 Å². The molecule has 0 atom stereocenters. The molecule has 0 unspecified atom stereocenters. The van der Waals surface area contributed by atoms with Gasteiger partial charge in [0.1, 0.15) is 0 Å². The number of nitrogens with zero attached hydrogens (tertiary/aromatic N) is 1. The molecule has 1 aromatic rings. The number of piperidine rings is 1. The normalized spacial score (nSPS) is 16.5. The molecule has 25 heavy (non-hydrogen) atoms. The summed E-state index contributed by atoms with van der Waals surface area (Å²) >= 11 is 6.19. The number of carbonyl (C=O) groups excluding carboxylic acids is 1. The summed E-state index contributed by atoms with van der Waals surface area (Å²) < 4.78 is 35.2. The smallest absolute Gasteiger partial charge is 0.251 e. The van der Waals surface area contributed by atoms with Gasteiger partial charge < -0.3 is 14.8 Å². The second kappa shape index (κ2) is 8.25. The van der Waals surface area contributed by atoms with Gasteiger partial charge in [0.25, 0.3) is 5.91 Å². The van der Waals surface area contributed by atoms with Crippen LogP contribution in [0.15, 0.2) is 12.1 Å². The van der Waals surface area contributed by atoms with Crippen molar-refractivity contribution in [2.75, 3.05) is 33.1 Å². The molecule has 0 bridgehead atoms. The molecular formula is C16H23ClN2O5S. The number of amides is 1. The molecule has 1 N–H and O–H groups in total. The first kappa shape index (κ1) is 19.8. The van der Waals surface area contributed by atoms with E-state index < -0.39 is 10.0 Å². The van der Waals surface area contributed by atoms with E-state index in [2.05, 4.69) is 5.32 Å². The molecule has 7 nitrogen and oxygen atoms in total. The second-order valence-corrected chi connectivity index (χ2v) is 8.22. The number of halogens is 1. The standard InChI is InChI=1S/C16H23ClN2O5S/c1-4-24-15-13(17)9-11(10-14(15)23-2)16(20)18-12-5-7-19(8-6-12)25(3,21)22/h9-10,12H,4-8H2,1-3H3,(H,18,20). The Bertz CT molecular complexity index is 730. The zero-order chi connectivity index (χ0) is 18.6. The van der Waals surface area contributed by atoms with Crippen molar-refractivity contribution < 1.29 is 22.7 Å². The van der Waals surface area contributed by atoms with Gasteiger partial charge in [0.15, 0.2) is 11.5 Å². The maximum atomic E-state index is 12.5. The van der Waals surface area contributed by atoms with E-state index in [-0.39, 0.29) is 11.9 Å². The van der Waals surface area contributed by atoms with Crippen molar-refractivity contribution in [2.24, 2.45) is 0 Å². The van der Waals surface area contributed by atoms with Crippen LogP contribution in [0.5, 0.6) is 11.5 Å². The lowest BCUT2D eigenvalue weighted by atomic mass is 10.1. The molecule has 0 spiro atoms. The van der Waals surface area contributed by atoms with E-state index in [1.54, 1.807) is 6.07 Å². The zero-order valence-electron chi connectivity index (χ0n) is 14.5. The van der Waals surface area contributed by atoms with Crippen LogP contribution in [0, 0.1) is 0 Å². The van der Waals surface area contributed by atoms with Gasteiger partial charge in [-0.25, -0.2) is 12.7 Å². The van der Waals surface area contributed by atoms with E-state index in [9.17, 15) is 13.2 Å². The monoisotopic (exact) mass is 390 g/mol. The average molecular weight is 391 g/mol. The maximum Gasteiger partial charge on any atom is 0.251 e. The number of benzene rings is 1. The van der Waals surface area contributed by atoms with E-state index in [1.165, 1.54) is 23.7 Å². The lowest BCUT2D eigenvalue weighted by Crippen LogP contribution is -2.46. The van der Waals surface area contributed by atoms with Gasteiger partial charge in [-0.15, -0.1) is 0 Å². The van der Waals surface area contributed by atoms with Crippen LogP contribution in [0.4, 0.5) is 0 Å². The molecule has 1 saturated heterocycles. The summed E-state index contributed by atoms with van der Waals surface area (Å²) in [6.45, 7) is 3.06. The fraction of sp³-hybridized carbons (Fsp3) is 0.562. The van der Waals surface area contributed by atoms with Crippen LogP contribution in [0.2, 0.25) is 5.02 Å². The maximum absolute atomic E-state index is 12.5. The Balaban J connectivity index is 2.05. The molecule has 0 saturated carbocycles. The Labute approximate surface area is 153 Å². The number of hydrogen-bond acceptors (Lipinski definition) is 5. The van der Waals surface area contributed by atoms with E-state index in [0.717, 1.165) is 0 Å². The summed E-state index contributed by atoms with van der Waals surface area (Å²) in [5.41, 5.74) is 0.371. The van der Waals surface area contributed by atoms with Crippen molar-refractivity contribution in [3.63, 3.8) is 0 Å². The third-order valence-electron chi connectivity index (χ3n) is 4.04. The van der Waals surface area contributed by atoms with Gasteiger partial charge >= 0.3 is 0 Å². The summed E-state index contributed by atoms with van der Waals surface area (Å²) in [7, 11) is -1.70. The highest BCUT2D eigenvalue weighted by Crippen LogP contribution is 2.36. The van der Waals surface area contributed by atoms with Crippen LogP contribution in [-0.4, -0.2) is 57.7 Å². The number of carbonyl (C=O) groups is 1. The van der Waals surface area contributed by atoms with Crippen LogP contribution in [-0.2, 0) is 10.0 Å². The molecule has 1 fully saturated rings. The van der Waals surface area contributed by atoms with E-state index in [0.29, 0.717) is 54.6 Å². The molecule has 9 heteroatoms. The third-order valence-corrected chi connectivity index (χ3v) is 5.62. The van der Waals surface area contributed by atoms with Crippen LogP contribution < -0.4 is 14.8 Å². The molecule has 0 aliphatic carbocycles. The minimum Gasteiger partial charge on any atom is -0.493 e. The summed E-state index contributed by atoms with van der Waals surface area (Å²) in [4.78, 5) is 12.5. The average Bonchev–Trinajstić information content (AvgIpc) is 2.56. The fourth-order valence-electron chi connectivity index (χ4n) is 2.74. The molecule has 140 valence electrons. The zero-order valence-corrected chi connectivity index (χ0v) is 16.1. The van der Waals surface area contributed by atoms with E-state index in [4.69, 9.17) is 21.1 Å². The molecule has 1 aromatic carbocycles. The molecule has 0 aromatic heterocycles. The minimum absolute atomic E-state index is 0.0816. The van der Waals surface area contributed by atoms with Crippen molar-refractivity contribution in [1.82, 2.24) is 9.62 Å². The number of hydrogen-bond donors (Lipinski definition) is 1. The van der Waals surface area contributed by atoms with Crippen molar-refractivity contribution in [1.29, 1.82) is 0 Å². The van der Waals surface area contributed by atoms with Crippen molar-refractivity contribution in [3.05, 3.63) is 22.7 Å². The molecular weight excluding hydrogens is 368 g/mol. The molecule has 1 aliphatic heterocycles. The van der Waals surface area contributed by atoms with Crippen LogP contribution in [0.1, 0.15) is 30.1 Å². The molecule has 1 heterocycles. The topological polar surface area (TPSA) is 84.9 Å². The Kier molecular flexibility index (Phi) is 6.53. The van der Waals surface area contributed by atoms with E-state index in [1.807, 2.05) is 6.92 Å². The number of sulfonamides is 1. The van der Waals surface area contributed by atoms with Crippen LogP contribution in [0.3, 0.4) is 0 Å². The predicted octanol–water partition coefficient (Wildman–Crippen LogP) is 1.90. The quantitative estimate of drug-likeness (QED) is 0.801. The second-order valence-electron chi connectivity index (χ2n) is 5.83. The number of rotatable bonds is 6. The van der Waals surface area contributed by atoms with Crippen molar-refractivity contribution >= 4 is 27.5 Å². The van der Waals surface area contributed by atoms with Gasteiger partial charge in [0, 0.05) is 24.7 Å². The third kappa shape index (κ3) is 4.99. The van der Waals surface area contributed by atoms with Gasteiger partial charge in [0.2, 0.25) is 10.0 Å². The first-order valence-electron chi connectivity index (χ1n) is 8.02. The lowest BCUT2D eigenvalue weighted by molar-refractivity contribution is 0.0923. The Morgan fingerprint density at radius 1 is 1.36 bits per heavy atom. The molecule has 0 radical (unpaired) electrons. The first-order chi connectivity index (χ1) is 11.8. The molecule has 1 aliphatic rings. The number of ether oxygens (including phenoxy) is 2. The first-order valence-corrected chi connectivity index (χ1v) is 10.2. The summed E-state index contributed by atoms with van der Waals surface area (Å²) in [5.74, 6) is 0.525. The van der Waals surface area contributed by atoms with Crippen molar-refractivity contribution in [2.45, 2.75) is 25.8 Å². The Hall–Kier alpha value is -1.51. The largest absolute Gasteiger partial charge is 0.493 e. The van der Waals surface area contributed by atoms with Crippen LogP contribution in [0.25, 0.3) is 0 Å². The number of nitrogens with one attached hydrogen (secondary N) is 1. The summed E-state index contributed by atoms with van der Waals surface area (Å²) in [6, 6.07) is 3.04. The van der Waals surface area contributed by atoms with Crippen LogP contribution >= 0.6 is 11.6 Å². The summed E-state index contributed by atoms with van der Waals surface area (Å²) in [5, 5.41) is 3.23. The van der Waals surface area contributed by atoms with Gasteiger partial charge in [0.05, 0.1) is 25.0 Å². The Morgan fingerprint density at radius 2 is 2.00 bits per heavy atom. The Morgan fingerprint density at radius 3 is 2.52 bits per heavy atom. The predicted molar refractivity (Wildman–Crippen MR) is 96.1 cm³/mol. The van der Waals surface area contributed by atoms with Gasteiger partial charge in [-0.2, -0.15) is 0 Å². The highest BCUT2D eigenvalue weighted by molar-refractivity contribution is 7.88. The van der Waals surface area contributed by atoms with Gasteiger partial charge in [-0.05, 0) is 31.9 Å². The van der Waals surface area contributed by atoms with E-state index >= 15 is 0 Å². The SMILES string of the molecule is CCOc1c(Cl)cc(C(=O)NC2CCN(S(C)(=O)=O)CC2)cc1OC. The molecule has 2 rings (SSSR count). The summed E-state index contributed by atoms with van der Waals surface area (Å²) in [6.07, 6.45) is 2.33.